The first-order valence-electron chi connectivity index (χ1n) is 21.2. The van der Waals surface area contributed by atoms with Crippen LogP contribution >= 0.6 is 0 Å². The van der Waals surface area contributed by atoms with Gasteiger partial charge in [0.25, 0.3) is 0 Å². The minimum atomic E-state index is -0.0153. The van der Waals surface area contributed by atoms with Crippen molar-refractivity contribution in [2.75, 3.05) is 27.2 Å². The maximum absolute atomic E-state index is 12.8. The van der Waals surface area contributed by atoms with Crippen molar-refractivity contribution in [2.45, 2.75) is 113 Å². The molecule has 5 rings (SSSR count). The highest BCUT2D eigenvalue weighted by Gasteiger charge is 2.33. The summed E-state index contributed by atoms with van der Waals surface area (Å²) < 4.78 is 0. The van der Waals surface area contributed by atoms with Crippen molar-refractivity contribution in [3.63, 3.8) is 0 Å². The Hall–Kier alpha value is -5.56. The van der Waals surface area contributed by atoms with Gasteiger partial charge in [0.1, 0.15) is 11.6 Å². The van der Waals surface area contributed by atoms with Crippen LogP contribution in [0.3, 0.4) is 0 Å². The lowest BCUT2D eigenvalue weighted by Crippen LogP contribution is -2.31. The highest BCUT2D eigenvalue weighted by atomic mass is 16.2. The van der Waals surface area contributed by atoms with E-state index < -0.39 is 0 Å². The fourth-order valence-corrected chi connectivity index (χ4v) is 6.48. The van der Waals surface area contributed by atoms with E-state index in [1.807, 2.05) is 107 Å². The summed E-state index contributed by atoms with van der Waals surface area (Å²) in [5.74, 6) is 9.31. The smallest absolute Gasteiger partial charge is 0.223 e. The Kier molecular flexibility index (Phi) is 21.6. The number of imidazole rings is 2. The standard InChI is InChI=1S/C39H48N6O2.2C4H9N.C2H6/c1-7-28(22-30(8-2)32-24-40-38(42-32)34-14-10-18-44(34)36(46)20-26(3)4)16-17-29-12-9-13-31(23-29)33-25-41-39(43-33)35-15-11-19-45(35)37(47)21-27(5)6;2*1-4(2)5-3;1-2/h7-9,12-13,22-27,34-35H,1,10-11,14-15,18-21H2,2-6H3,(H,40,42)(H,41,43);2*5H,1H2,2-3H3;1-2H3/b28-22+,30-8+;;;/t34-,35-;;;/m0.../s1. The number of allylic oxidation sites excluding steroid dienone is 7. The summed E-state index contributed by atoms with van der Waals surface area (Å²) in [6.45, 7) is 30.8. The molecule has 2 amide bonds. The van der Waals surface area contributed by atoms with Crippen molar-refractivity contribution >= 4 is 17.4 Å². The molecule has 2 fully saturated rings. The largest absolute Gasteiger partial charge is 0.392 e. The third-order valence-electron chi connectivity index (χ3n) is 9.67. The van der Waals surface area contributed by atoms with Gasteiger partial charge in [-0.2, -0.15) is 0 Å². The van der Waals surface area contributed by atoms with E-state index in [0.717, 1.165) is 95.5 Å². The quantitative estimate of drug-likeness (QED) is 0.107. The Morgan fingerprint density at radius 2 is 1.39 bits per heavy atom. The van der Waals surface area contributed by atoms with Crippen LogP contribution in [-0.2, 0) is 9.59 Å². The van der Waals surface area contributed by atoms with Gasteiger partial charge in [0.2, 0.25) is 11.8 Å². The van der Waals surface area contributed by atoms with Gasteiger partial charge >= 0.3 is 0 Å². The lowest BCUT2D eigenvalue weighted by Gasteiger charge is -2.24. The van der Waals surface area contributed by atoms with Gasteiger partial charge in [-0.25, -0.2) is 9.97 Å². The van der Waals surface area contributed by atoms with E-state index in [2.05, 4.69) is 89.8 Å². The summed E-state index contributed by atoms with van der Waals surface area (Å²) in [5.41, 5.74) is 7.40. The average molecular weight is 805 g/mol. The van der Waals surface area contributed by atoms with Gasteiger partial charge < -0.3 is 30.4 Å². The van der Waals surface area contributed by atoms with Crippen LogP contribution in [0, 0.1) is 23.7 Å². The zero-order valence-electron chi connectivity index (χ0n) is 37.9. The molecular weight excluding hydrogens is 733 g/mol. The van der Waals surface area contributed by atoms with E-state index in [1.165, 1.54) is 0 Å². The maximum Gasteiger partial charge on any atom is 0.223 e. The highest BCUT2D eigenvalue weighted by Crippen LogP contribution is 2.34. The molecule has 0 spiro atoms. The lowest BCUT2D eigenvalue weighted by atomic mass is 10.1. The molecule has 2 aromatic heterocycles. The molecule has 2 aliphatic heterocycles. The SMILES string of the molecule is C=C(C)NC.C=C(C)NC.C=C/C(C#Cc1cccc(-c2cnc([C@@H]3CCCN3C(=O)CC(C)C)[nH]2)c1)=C\C(=C/C)c1cnc([C@@H]2CCCN2C(=O)CC(C)C)[nH]1.CC. The summed E-state index contributed by atoms with van der Waals surface area (Å²) in [5, 5.41) is 5.67. The molecule has 0 unspecified atom stereocenters. The number of nitrogens with zero attached hydrogens (tertiary/aromatic N) is 4. The van der Waals surface area contributed by atoms with Crippen LogP contribution in [0.4, 0.5) is 0 Å². The van der Waals surface area contributed by atoms with E-state index in [9.17, 15) is 9.59 Å². The zero-order chi connectivity index (χ0) is 44.1. The number of amides is 2. The molecule has 0 bridgehead atoms. The van der Waals surface area contributed by atoms with Crippen LogP contribution in [0.25, 0.3) is 16.8 Å². The number of hydrogen-bond acceptors (Lipinski definition) is 6. The topological polar surface area (TPSA) is 122 Å². The number of carbonyl (C=O) groups excluding carboxylic acids is 2. The van der Waals surface area contributed by atoms with Crippen LogP contribution in [0.1, 0.15) is 136 Å². The van der Waals surface area contributed by atoms with Crippen LogP contribution in [0.15, 0.2) is 91.6 Å². The molecule has 0 saturated carbocycles. The minimum Gasteiger partial charge on any atom is -0.392 e. The second-order valence-corrected chi connectivity index (χ2v) is 15.5. The number of nitrogens with one attached hydrogen (secondary N) is 4. The fourth-order valence-electron chi connectivity index (χ4n) is 6.48. The molecule has 0 radical (unpaired) electrons. The third-order valence-corrected chi connectivity index (χ3v) is 9.67. The average Bonchev–Trinajstić information content (AvgIpc) is 4.06. The van der Waals surface area contributed by atoms with E-state index in [-0.39, 0.29) is 23.9 Å². The van der Waals surface area contributed by atoms with Gasteiger partial charge in [-0.3, -0.25) is 9.59 Å². The number of aromatic amines is 2. The Bertz CT molecular complexity index is 1940. The number of hydrogen-bond donors (Lipinski definition) is 4. The van der Waals surface area contributed by atoms with Crippen LogP contribution in [0.5, 0.6) is 0 Å². The first-order chi connectivity index (χ1) is 28.2. The van der Waals surface area contributed by atoms with E-state index >= 15 is 0 Å². The summed E-state index contributed by atoms with van der Waals surface area (Å²) in [7, 11) is 3.70. The molecule has 1 aromatic carbocycles. The number of rotatable bonds is 12. The molecule has 320 valence electrons. The Morgan fingerprint density at radius 3 is 1.86 bits per heavy atom. The van der Waals surface area contributed by atoms with Crippen molar-refractivity contribution in [2.24, 2.45) is 11.8 Å². The summed E-state index contributed by atoms with van der Waals surface area (Å²) in [6.07, 6.45) is 14.4. The van der Waals surface area contributed by atoms with Crippen molar-refractivity contribution < 1.29 is 9.59 Å². The Labute approximate surface area is 355 Å². The molecule has 59 heavy (non-hydrogen) atoms. The monoisotopic (exact) mass is 805 g/mol. The lowest BCUT2D eigenvalue weighted by molar-refractivity contribution is -0.133. The molecule has 3 aromatic rings. The number of carbonyl (C=O) groups is 2. The molecule has 0 aliphatic carbocycles. The molecule has 10 nitrogen and oxygen atoms in total. The number of H-pyrrole nitrogens is 2. The normalized spacial score (nSPS) is 16.1. The van der Waals surface area contributed by atoms with Crippen molar-refractivity contribution in [1.29, 1.82) is 0 Å². The second-order valence-electron chi connectivity index (χ2n) is 15.5. The van der Waals surface area contributed by atoms with Crippen LogP contribution in [0.2, 0.25) is 0 Å². The van der Waals surface area contributed by atoms with Gasteiger partial charge in [0, 0.05) is 56.7 Å². The molecule has 2 atom stereocenters. The van der Waals surface area contributed by atoms with E-state index in [1.54, 1.807) is 6.08 Å². The van der Waals surface area contributed by atoms with Gasteiger partial charge in [-0.05, 0) is 93.5 Å². The Balaban J connectivity index is 0.000000883. The zero-order valence-corrected chi connectivity index (χ0v) is 37.9. The third kappa shape index (κ3) is 16.0. The highest BCUT2D eigenvalue weighted by molar-refractivity contribution is 5.78. The van der Waals surface area contributed by atoms with Crippen molar-refractivity contribution in [3.8, 4) is 23.1 Å². The number of likely N-dealkylation sites (tertiary alicyclic amines) is 2. The predicted octanol–water partition coefficient (Wildman–Crippen LogP) is 10.3. The summed E-state index contributed by atoms with van der Waals surface area (Å²) in [6, 6.07) is 8.05. The predicted molar refractivity (Wildman–Crippen MR) is 247 cm³/mol. The van der Waals surface area contributed by atoms with Crippen LogP contribution < -0.4 is 10.6 Å². The van der Waals surface area contributed by atoms with Gasteiger partial charge in [-0.15, -0.1) is 0 Å². The molecule has 4 heterocycles. The first kappa shape index (κ1) is 49.6. The Morgan fingerprint density at radius 1 is 0.881 bits per heavy atom. The van der Waals surface area contributed by atoms with Crippen molar-refractivity contribution in [1.82, 2.24) is 40.4 Å². The van der Waals surface area contributed by atoms with Gasteiger partial charge in [-0.1, -0.05) is 97.4 Å². The fraction of sp³-hybridized carbons (Fsp3) is 0.469. The second kappa shape index (κ2) is 25.7. The van der Waals surface area contributed by atoms with E-state index in [4.69, 9.17) is 0 Å². The number of benzene rings is 1. The molecule has 4 N–H and O–H groups in total. The van der Waals surface area contributed by atoms with Crippen LogP contribution in [-0.4, -0.2) is 68.7 Å². The number of aromatic nitrogens is 4. The van der Waals surface area contributed by atoms with Gasteiger partial charge in [0.15, 0.2) is 0 Å². The minimum absolute atomic E-state index is 0.00510. The molecule has 2 saturated heterocycles. The maximum atomic E-state index is 12.8. The summed E-state index contributed by atoms with van der Waals surface area (Å²) >= 11 is 0. The molecule has 2 aliphatic rings. The molecular formula is C49H72N8O2. The van der Waals surface area contributed by atoms with E-state index in [0.29, 0.717) is 24.7 Å². The summed E-state index contributed by atoms with van der Waals surface area (Å²) in [4.78, 5) is 46.0. The van der Waals surface area contributed by atoms with Crippen molar-refractivity contribution in [3.05, 3.63) is 114 Å². The van der Waals surface area contributed by atoms with Gasteiger partial charge in [0.05, 0.1) is 35.9 Å². The molecule has 10 heteroatoms. The first-order valence-corrected chi connectivity index (χ1v) is 21.2.